The molecule has 3 saturated heterocycles. The molecule has 136 valence electrons. The van der Waals surface area contributed by atoms with Gasteiger partial charge in [0.25, 0.3) is 0 Å². The summed E-state index contributed by atoms with van der Waals surface area (Å²) in [4.78, 5) is 19.3. The fourth-order valence-corrected chi connectivity index (χ4v) is 5.06. The van der Waals surface area contributed by atoms with E-state index in [0.29, 0.717) is 18.0 Å². The lowest BCUT2D eigenvalue weighted by Gasteiger charge is -2.35. The summed E-state index contributed by atoms with van der Waals surface area (Å²) in [6.45, 7) is 6.49. The van der Waals surface area contributed by atoms with Gasteiger partial charge in [-0.3, -0.25) is 14.6 Å². The Balaban J connectivity index is 1.36. The van der Waals surface area contributed by atoms with Gasteiger partial charge in [-0.25, -0.2) is 0 Å². The standard InChI is InChI=1S/C21H31N3O/c25-21-11-6-13-23(21)16-15-22-12-4-9-19(22)20-10-5-14-24(20)17-18-7-2-1-3-8-18/h1-3,7-8,19-20H,4-6,9-17H2/t19-,20+/m1/s1. The molecule has 3 aliphatic rings. The Hall–Kier alpha value is -1.39. The molecule has 0 aromatic heterocycles. The second kappa shape index (κ2) is 7.88. The molecular weight excluding hydrogens is 310 g/mol. The van der Waals surface area contributed by atoms with E-state index in [2.05, 4.69) is 45.0 Å². The zero-order valence-corrected chi connectivity index (χ0v) is 15.3. The quantitative estimate of drug-likeness (QED) is 0.796. The SMILES string of the molecule is O=C1CCCN1CCN1CCC[C@@H]1[C@@H]1CCCN1Cc1ccccc1. The summed E-state index contributed by atoms with van der Waals surface area (Å²) in [6.07, 6.45) is 7.11. The third-order valence-electron chi connectivity index (χ3n) is 6.33. The summed E-state index contributed by atoms with van der Waals surface area (Å²) in [6, 6.07) is 12.3. The van der Waals surface area contributed by atoms with Gasteiger partial charge < -0.3 is 4.90 Å². The van der Waals surface area contributed by atoms with Crippen LogP contribution >= 0.6 is 0 Å². The minimum atomic E-state index is 0.363. The molecule has 4 rings (SSSR count). The van der Waals surface area contributed by atoms with Gasteiger partial charge in [0.2, 0.25) is 5.91 Å². The van der Waals surface area contributed by atoms with Crippen molar-refractivity contribution in [2.24, 2.45) is 0 Å². The molecule has 4 nitrogen and oxygen atoms in total. The highest BCUT2D eigenvalue weighted by atomic mass is 16.2. The summed E-state index contributed by atoms with van der Waals surface area (Å²) in [5, 5.41) is 0. The van der Waals surface area contributed by atoms with Crippen LogP contribution in [0.15, 0.2) is 30.3 Å². The molecule has 0 bridgehead atoms. The molecule has 0 aliphatic carbocycles. The lowest BCUT2D eigenvalue weighted by molar-refractivity contribution is -0.127. The predicted octanol–water partition coefficient (Wildman–Crippen LogP) is 2.74. The largest absolute Gasteiger partial charge is 0.341 e. The molecule has 1 amide bonds. The number of nitrogens with zero attached hydrogens (tertiary/aromatic N) is 3. The van der Waals surface area contributed by atoms with Crippen molar-refractivity contribution in [1.82, 2.24) is 14.7 Å². The molecule has 2 atom stereocenters. The van der Waals surface area contributed by atoms with Gasteiger partial charge in [0.1, 0.15) is 0 Å². The average Bonchev–Trinajstić information content (AvgIpc) is 3.35. The maximum atomic E-state index is 11.9. The molecule has 0 saturated carbocycles. The Morgan fingerprint density at radius 3 is 2.28 bits per heavy atom. The number of carbonyl (C=O) groups excluding carboxylic acids is 1. The third kappa shape index (κ3) is 3.90. The molecule has 3 fully saturated rings. The van der Waals surface area contributed by atoms with E-state index in [-0.39, 0.29) is 0 Å². The highest BCUT2D eigenvalue weighted by Gasteiger charge is 2.37. The zero-order chi connectivity index (χ0) is 17.1. The lowest BCUT2D eigenvalue weighted by Crippen LogP contribution is -2.47. The van der Waals surface area contributed by atoms with Gasteiger partial charge in [-0.15, -0.1) is 0 Å². The van der Waals surface area contributed by atoms with Gasteiger partial charge in [0, 0.05) is 44.7 Å². The van der Waals surface area contributed by atoms with E-state index in [1.807, 2.05) is 0 Å². The highest BCUT2D eigenvalue weighted by Crippen LogP contribution is 2.31. The molecular formula is C21H31N3O. The Kier molecular flexibility index (Phi) is 5.37. The van der Waals surface area contributed by atoms with E-state index in [1.165, 1.54) is 44.3 Å². The van der Waals surface area contributed by atoms with Crippen molar-refractivity contribution in [3.05, 3.63) is 35.9 Å². The van der Waals surface area contributed by atoms with Crippen LogP contribution in [0.1, 0.15) is 44.1 Å². The second-order valence-electron chi connectivity index (χ2n) is 7.90. The molecule has 4 heteroatoms. The Labute approximate surface area is 151 Å². The summed E-state index contributed by atoms with van der Waals surface area (Å²) in [7, 11) is 0. The number of amides is 1. The molecule has 25 heavy (non-hydrogen) atoms. The zero-order valence-electron chi connectivity index (χ0n) is 15.3. The van der Waals surface area contributed by atoms with Crippen molar-refractivity contribution >= 4 is 5.91 Å². The topological polar surface area (TPSA) is 26.8 Å². The number of benzene rings is 1. The molecule has 3 aliphatic heterocycles. The first-order chi connectivity index (χ1) is 12.3. The highest BCUT2D eigenvalue weighted by molar-refractivity contribution is 5.78. The van der Waals surface area contributed by atoms with Gasteiger partial charge >= 0.3 is 0 Å². The lowest BCUT2D eigenvalue weighted by atomic mass is 10.0. The van der Waals surface area contributed by atoms with Gasteiger partial charge in [0.05, 0.1) is 0 Å². The maximum absolute atomic E-state index is 11.9. The molecule has 0 radical (unpaired) electrons. The van der Waals surface area contributed by atoms with Crippen LogP contribution in [0.5, 0.6) is 0 Å². The van der Waals surface area contributed by atoms with Crippen LogP contribution < -0.4 is 0 Å². The second-order valence-corrected chi connectivity index (χ2v) is 7.90. The van der Waals surface area contributed by atoms with Crippen molar-refractivity contribution in [3.8, 4) is 0 Å². The summed E-state index contributed by atoms with van der Waals surface area (Å²) >= 11 is 0. The Bertz CT molecular complexity index is 576. The van der Waals surface area contributed by atoms with Crippen LogP contribution in [0, 0.1) is 0 Å². The van der Waals surface area contributed by atoms with Gasteiger partial charge in [-0.2, -0.15) is 0 Å². The van der Waals surface area contributed by atoms with Crippen molar-refractivity contribution in [2.75, 3.05) is 32.7 Å². The molecule has 1 aromatic carbocycles. The van der Waals surface area contributed by atoms with Crippen LogP contribution in [0.25, 0.3) is 0 Å². The maximum Gasteiger partial charge on any atom is 0.222 e. The molecule has 1 aromatic rings. The van der Waals surface area contributed by atoms with Crippen LogP contribution in [-0.2, 0) is 11.3 Å². The number of likely N-dealkylation sites (tertiary alicyclic amines) is 3. The van der Waals surface area contributed by atoms with E-state index in [1.54, 1.807) is 0 Å². The fourth-order valence-electron chi connectivity index (χ4n) is 5.06. The van der Waals surface area contributed by atoms with Crippen LogP contribution in [0.4, 0.5) is 0 Å². The first-order valence-electron chi connectivity index (χ1n) is 10.1. The third-order valence-corrected chi connectivity index (χ3v) is 6.33. The summed E-state index contributed by atoms with van der Waals surface area (Å²) < 4.78 is 0. The van der Waals surface area contributed by atoms with E-state index in [0.717, 1.165) is 39.0 Å². The molecule has 0 N–H and O–H groups in total. The van der Waals surface area contributed by atoms with E-state index in [9.17, 15) is 4.79 Å². The predicted molar refractivity (Wildman–Crippen MR) is 100 cm³/mol. The molecule has 0 unspecified atom stereocenters. The van der Waals surface area contributed by atoms with Crippen molar-refractivity contribution in [2.45, 2.75) is 57.2 Å². The first-order valence-corrected chi connectivity index (χ1v) is 10.1. The van der Waals surface area contributed by atoms with Crippen molar-refractivity contribution in [3.63, 3.8) is 0 Å². The smallest absolute Gasteiger partial charge is 0.222 e. The summed E-state index contributed by atoms with van der Waals surface area (Å²) in [5.74, 6) is 0.363. The number of rotatable bonds is 6. The molecule has 0 spiro atoms. The summed E-state index contributed by atoms with van der Waals surface area (Å²) in [5.41, 5.74) is 1.43. The van der Waals surface area contributed by atoms with Crippen molar-refractivity contribution < 1.29 is 4.79 Å². The van der Waals surface area contributed by atoms with Gasteiger partial charge in [-0.1, -0.05) is 30.3 Å². The van der Waals surface area contributed by atoms with Crippen LogP contribution in [0.3, 0.4) is 0 Å². The minimum Gasteiger partial charge on any atom is -0.341 e. The fraction of sp³-hybridized carbons (Fsp3) is 0.667. The number of hydrogen-bond acceptors (Lipinski definition) is 3. The normalized spacial score (nSPS) is 28.3. The average molecular weight is 341 g/mol. The number of carbonyl (C=O) groups is 1. The van der Waals surface area contributed by atoms with Gasteiger partial charge in [-0.05, 0) is 50.8 Å². The Morgan fingerprint density at radius 2 is 1.56 bits per heavy atom. The van der Waals surface area contributed by atoms with Gasteiger partial charge in [0.15, 0.2) is 0 Å². The van der Waals surface area contributed by atoms with Crippen LogP contribution in [-0.4, -0.2) is 65.4 Å². The van der Waals surface area contributed by atoms with E-state index >= 15 is 0 Å². The Morgan fingerprint density at radius 1 is 0.840 bits per heavy atom. The monoisotopic (exact) mass is 341 g/mol. The van der Waals surface area contributed by atoms with Crippen LogP contribution in [0.2, 0.25) is 0 Å². The van der Waals surface area contributed by atoms with Crippen molar-refractivity contribution in [1.29, 1.82) is 0 Å². The molecule has 3 heterocycles. The minimum absolute atomic E-state index is 0.363. The van der Waals surface area contributed by atoms with E-state index < -0.39 is 0 Å². The number of hydrogen-bond donors (Lipinski definition) is 0. The van der Waals surface area contributed by atoms with E-state index in [4.69, 9.17) is 0 Å². The first kappa shape index (κ1) is 17.0.